The number of halogens is 1. The van der Waals surface area contributed by atoms with E-state index in [2.05, 4.69) is 15.9 Å². The number of rotatable bonds is 0. The van der Waals surface area contributed by atoms with Crippen molar-refractivity contribution in [2.24, 2.45) is 5.92 Å². The van der Waals surface area contributed by atoms with Crippen LogP contribution >= 0.6 is 15.9 Å². The lowest BCUT2D eigenvalue weighted by molar-refractivity contribution is -0.182. The zero-order valence-electron chi connectivity index (χ0n) is 6.47. The van der Waals surface area contributed by atoms with Crippen molar-refractivity contribution in [3.05, 3.63) is 0 Å². The molecule has 2 nitrogen and oxygen atoms in total. The molecule has 2 heterocycles. The lowest BCUT2D eigenvalue weighted by Crippen LogP contribution is -2.53. The normalized spacial score (nSPS) is 49.1. The topological polar surface area (TPSA) is 26.3 Å². The molecule has 3 atom stereocenters. The monoisotopic (exact) mass is 218 g/mol. The van der Waals surface area contributed by atoms with Crippen LogP contribution in [0, 0.1) is 5.92 Å². The van der Waals surface area contributed by atoms with Gasteiger partial charge >= 0.3 is 5.97 Å². The van der Waals surface area contributed by atoms with Gasteiger partial charge in [0.1, 0.15) is 5.60 Å². The molecule has 1 saturated carbocycles. The third-order valence-corrected chi connectivity index (χ3v) is 4.15. The summed E-state index contributed by atoms with van der Waals surface area (Å²) in [5.41, 5.74) is -0.216. The maximum Gasteiger partial charge on any atom is 0.309 e. The van der Waals surface area contributed by atoms with Crippen molar-refractivity contribution < 1.29 is 9.53 Å². The molecule has 0 aromatic carbocycles. The third-order valence-electron chi connectivity index (χ3n) is 2.81. The summed E-state index contributed by atoms with van der Waals surface area (Å²) in [5, 5.41) is 0. The van der Waals surface area contributed by atoms with E-state index >= 15 is 0 Å². The smallest absolute Gasteiger partial charge is 0.309 e. The van der Waals surface area contributed by atoms with Crippen molar-refractivity contribution in [2.75, 3.05) is 0 Å². The zero-order chi connectivity index (χ0) is 8.06. The van der Waals surface area contributed by atoms with Crippen LogP contribution in [0.3, 0.4) is 0 Å². The van der Waals surface area contributed by atoms with Gasteiger partial charge in [0.25, 0.3) is 0 Å². The van der Waals surface area contributed by atoms with Crippen LogP contribution in [0.25, 0.3) is 0 Å². The number of hydrogen-bond acceptors (Lipinski definition) is 2. The molecular formula is C8H11BrO2. The van der Waals surface area contributed by atoms with Crippen LogP contribution in [-0.2, 0) is 9.53 Å². The first-order valence-corrected chi connectivity index (χ1v) is 4.90. The molecule has 3 rings (SSSR count). The molecule has 11 heavy (non-hydrogen) atoms. The molecule has 0 N–H and O–H groups in total. The third kappa shape index (κ3) is 1.01. The second kappa shape index (κ2) is 2.22. The van der Waals surface area contributed by atoms with E-state index in [4.69, 9.17) is 4.74 Å². The fraction of sp³-hybridized carbons (Fsp3) is 0.875. The van der Waals surface area contributed by atoms with Crippen molar-refractivity contribution >= 4 is 21.9 Å². The number of fused-ring (bicyclic) bond motifs is 3. The Balaban J connectivity index is 2.26. The summed E-state index contributed by atoms with van der Waals surface area (Å²) in [7, 11) is 0. The predicted octanol–water partition coefficient (Wildman–Crippen LogP) is 1.87. The number of carbonyl (C=O) groups is 1. The Kier molecular flexibility index (Phi) is 1.53. The van der Waals surface area contributed by atoms with E-state index < -0.39 is 0 Å². The highest BCUT2D eigenvalue weighted by molar-refractivity contribution is 9.09. The number of hydrogen-bond donors (Lipinski definition) is 0. The molecule has 0 aromatic rings. The minimum absolute atomic E-state index is 0.00875. The molecule has 0 radical (unpaired) electrons. The quantitative estimate of drug-likeness (QED) is 0.459. The average molecular weight is 219 g/mol. The number of esters is 1. The fourth-order valence-electron chi connectivity index (χ4n) is 1.88. The summed E-state index contributed by atoms with van der Waals surface area (Å²) in [4.78, 5) is 11.5. The van der Waals surface area contributed by atoms with Gasteiger partial charge in [-0.05, 0) is 26.2 Å². The van der Waals surface area contributed by atoms with Gasteiger partial charge in [0.15, 0.2) is 0 Å². The Morgan fingerprint density at radius 3 is 2.82 bits per heavy atom. The minimum Gasteiger partial charge on any atom is -0.458 e. The highest BCUT2D eigenvalue weighted by Gasteiger charge is 2.49. The van der Waals surface area contributed by atoms with Crippen molar-refractivity contribution in [1.82, 2.24) is 0 Å². The van der Waals surface area contributed by atoms with Gasteiger partial charge in [0.2, 0.25) is 0 Å². The van der Waals surface area contributed by atoms with E-state index in [1.807, 2.05) is 6.92 Å². The maximum absolute atomic E-state index is 11.2. The molecule has 2 bridgehead atoms. The van der Waals surface area contributed by atoms with E-state index in [0.29, 0.717) is 4.83 Å². The summed E-state index contributed by atoms with van der Waals surface area (Å²) < 4.78 is 5.30. The fourth-order valence-corrected chi connectivity index (χ4v) is 2.65. The van der Waals surface area contributed by atoms with Gasteiger partial charge in [-0.25, -0.2) is 0 Å². The molecule has 3 aliphatic rings. The second-order valence-corrected chi connectivity index (χ2v) is 4.78. The van der Waals surface area contributed by atoms with Gasteiger partial charge in [-0.2, -0.15) is 0 Å². The molecular weight excluding hydrogens is 208 g/mol. The van der Waals surface area contributed by atoms with E-state index in [1.54, 1.807) is 0 Å². The standard InChI is InChI=1S/C8H11BrO2/c1-8-3-2-5(4-6(8)9)7(10)11-8/h5-6H,2-4H2,1H3/t5-,6+,8+/m0/s1. The van der Waals surface area contributed by atoms with Gasteiger partial charge in [-0.3, -0.25) is 4.79 Å². The Morgan fingerprint density at radius 1 is 1.73 bits per heavy atom. The summed E-state index contributed by atoms with van der Waals surface area (Å²) in [5.74, 6) is 0.177. The number of alkyl halides is 1. The van der Waals surface area contributed by atoms with Crippen molar-refractivity contribution in [1.29, 1.82) is 0 Å². The second-order valence-electron chi connectivity index (χ2n) is 3.67. The average Bonchev–Trinajstić information content (AvgIpc) is 1.92. The molecule has 3 heteroatoms. The molecule has 62 valence electrons. The Morgan fingerprint density at radius 2 is 2.45 bits per heavy atom. The summed E-state index contributed by atoms with van der Waals surface area (Å²) in [6.07, 6.45) is 2.98. The SMILES string of the molecule is C[C@@]12CC[C@@H](C[C@H]1Br)C(=O)O2. The molecule has 1 aliphatic carbocycles. The summed E-state index contributed by atoms with van der Waals surface area (Å²) >= 11 is 3.55. The lowest BCUT2D eigenvalue weighted by atomic mass is 9.76. The lowest BCUT2D eigenvalue weighted by Gasteiger charge is -2.46. The van der Waals surface area contributed by atoms with E-state index in [0.717, 1.165) is 19.3 Å². The zero-order valence-corrected chi connectivity index (χ0v) is 8.06. The van der Waals surface area contributed by atoms with Crippen LogP contribution in [0.5, 0.6) is 0 Å². The van der Waals surface area contributed by atoms with Crippen molar-refractivity contribution in [3.63, 3.8) is 0 Å². The van der Waals surface area contributed by atoms with Crippen molar-refractivity contribution in [2.45, 2.75) is 36.6 Å². The highest BCUT2D eigenvalue weighted by atomic mass is 79.9. The summed E-state index contributed by atoms with van der Waals surface area (Å²) in [6.45, 7) is 2.01. The van der Waals surface area contributed by atoms with E-state index in [-0.39, 0.29) is 17.5 Å². The van der Waals surface area contributed by atoms with E-state index in [1.165, 1.54) is 0 Å². The predicted molar refractivity (Wildman–Crippen MR) is 44.6 cm³/mol. The molecule has 2 saturated heterocycles. The molecule has 3 fully saturated rings. The first-order chi connectivity index (χ1) is 5.12. The van der Waals surface area contributed by atoms with Crippen LogP contribution in [-0.4, -0.2) is 16.4 Å². The first kappa shape index (κ1) is 7.59. The van der Waals surface area contributed by atoms with Crippen LogP contribution in [0.4, 0.5) is 0 Å². The molecule has 0 aromatic heterocycles. The molecule has 0 unspecified atom stereocenters. The van der Waals surface area contributed by atoms with Crippen LogP contribution < -0.4 is 0 Å². The van der Waals surface area contributed by atoms with E-state index in [9.17, 15) is 4.79 Å². The molecule has 2 aliphatic heterocycles. The first-order valence-electron chi connectivity index (χ1n) is 3.99. The van der Waals surface area contributed by atoms with Gasteiger partial charge in [0, 0.05) is 0 Å². The minimum atomic E-state index is -0.216. The van der Waals surface area contributed by atoms with Gasteiger partial charge < -0.3 is 4.74 Å². The largest absolute Gasteiger partial charge is 0.458 e. The van der Waals surface area contributed by atoms with Crippen LogP contribution in [0.2, 0.25) is 0 Å². The van der Waals surface area contributed by atoms with Crippen molar-refractivity contribution in [3.8, 4) is 0 Å². The summed E-state index contributed by atoms with van der Waals surface area (Å²) in [6, 6.07) is 0. The Hall–Kier alpha value is -0.0500. The maximum atomic E-state index is 11.2. The Labute approximate surface area is 74.4 Å². The highest BCUT2D eigenvalue weighted by Crippen LogP contribution is 2.44. The van der Waals surface area contributed by atoms with Crippen LogP contribution in [0.1, 0.15) is 26.2 Å². The van der Waals surface area contributed by atoms with Crippen LogP contribution in [0.15, 0.2) is 0 Å². The number of carbonyl (C=O) groups excluding carboxylic acids is 1. The van der Waals surface area contributed by atoms with Gasteiger partial charge in [-0.15, -0.1) is 0 Å². The molecule has 0 amide bonds. The number of ether oxygens (including phenoxy) is 1. The Bertz CT molecular complexity index is 204. The van der Waals surface area contributed by atoms with Gasteiger partial charge in [0.05, 0.1) is 10.7 Å². The molecule has 0 spiro atoms. The van der Waals surface area contributed by atoms with Gasteiger partial charge in [-0.1, -0.05) is 15.9 Å².